The molecule has 4 fully saturated rings. The molecule has 4 atom stereocenters. The molecule has 4 rings (SSSR count). The SMILES string of the molecule is FC1CC(OC(F)(F)C2C(F)CC(C3CCC(C4CCCCC4)CC3)CC2F)CC(F)C1OC(F)(F)F. The number of hydrogen-bond donors (Lipinski definition) is 0. The minimum Gasteiger partial charge on any atom is -0.317 e. The Kier molecular flexibility index (Phi) is 9.34. The third-order valence-corrected chi connectivity index (χ3v) is 9.31. The van der Waals surface area contributed by atoms with E-state index in [1.807, 2.05) is 0 Å². The van der Waals surface area contributed by atoms with Crippen LogP contribution in [-0.2, 0) is 9.47 Å². The normalized spacial score (nSPS) is 43.1. The van der Waals surface area contributed by atoms with Gasteiger partial charge in [0.1, 0.15) is 36.7 Å². The van der Waals surface area contributed by atoms with Gasteiger partial charge in [0.25, 0.3) is 0 Å². The predicted molar refractivity (Wildman–Crippen MR) is 118 cm³/mol. The van der Waals surface area contributed by atoms with Crippen LogP contribution in [0.1, 0.15) is 83.5 Å². The van der Waals surface area contributed by atoms with Gasteiger partial charge in [0, 0.05) is 12.8 Å². The van der Waals surface area contributed by atoms with Crippen LogP contribution in [-0.4, -0.2) is 49.4 Å². The Hall–Kier alpha value is -0.710. The van der Waals surface area contributed by atoms with Crippen LogP contribution in [0.2, 0.25) is 0 Å². The molecule has 0 amide bonds. The second-order valence-corrected chi connectivity index (χ2v) is 11.7. The molecule has 0 aromatic heterocycles. The van der Waals surface area contributed by atoms with Crippen LogP contribution < -0.4 is 0 Å². The topological polar surface area (TPSA) is 18.5 Å². The zero-order chi connectivity index (χ0) is 27.0. The molecule has 11 heteroatoms. The average molecular weight is 553 g/mol. The minimum atomic E-state index is -5.30. The number of ether oxygens (including phenoxy) is 2. The molecule has 0 spiro atoms. The van der Waals surface area contributed by atoms with Crippen molar-refractivity contribution in [3.8, 4) is 0 Å². The van der Waals surface area contributed by atoms with Crippen molar-refractivity contribution in [2.75, 3.05) is 0 Å². The van der Waals surface area contributed by atoms with Gasteiger partial charge in [-0.1, -0.05) is 32.1 Å². The maximum atomic E-state index is 15.0. The molecule has 0 radical (unpaired) electrons. The molecule has 0 N–H and O–H groups in total. The maximum Gasteiger partial charge on any atom is 0.522 e. The summed E-state index contributed by atoms with van der Waals surface area (Å²) < 4.78 is 133. The first-order valence-electron chi connectivity index (χ1n) is 13.7. The Bertz CT molecular complexity index is 697. The van der Waals surface area contributed by atoms with Crippen molar-refractivity contribution in [1.82, 2.24) is 0 Å². The Morgan fingerprint density at radius 2 is 0.946 bits per heavy atom. The molecular weight excluding hydrogens is 515 g/mol. The van der Waals surface area contributed by atoms with Gasteiger partial charge in [0.2, 0.25) is 0 Å². The molecule has 4 aliphatic rings. The first kappa shape index (κ1) is 29.3. The highest BCUT2D eigenvalue weighted by Crippen LogP contribution is 2.50. The first-order chi connectivity index (χ1) is 17.3. The number of alkyl halides is 9. The lowest BCUT2D eigenvalue weighted by molar-refractivity contribution is -0.366. The van der Waals surface area contributed by atoms with E-state index in [4.69, 9.17) is 0 Å². The predicted octanol–water partition coefficient (Wildman–Crippen LogP) is 8.43. The monoisotopic (exact) mass is 552 g/mol. The van der Waals surface area contributed by atoms with Gasteiger partial charge in [-0.15, -0.1) is 13.2 Å². The Labute approximate surface area is 212 Å². The Balaban J connectivity index is 1.29. The summed E-state index contributed by atoms with van der Waals surface area (Å²) in [6, 6.07) is 0. The van der Waals surface area contributed by atoms with Crippen molar-refractivity contribution in [2.24, 2.45) is 29.6 Å². The minimum absolute atomic E-state index is 0.0790. The molecule has 4 aliphatic carbocycles. The van der Waals surface area contributed by atoms with Crippen molar-refractivity contribution < 1.29 is 49.0 Å². The third-order valence-electron chi connectivity index (χ3n) is 9.31. The van der Waals surface area contributed by atoms with Gasteiger partial charge in [-0.05, 0) is 62.2 Å². The highest BCUT2D eigenvalue weighted by Gasteiger charge is 2.57. The van der Waals surface area contributed by atoms with Crippen LogP contribution >= 0.6 is 0 Å². The summed E-state index contributed by atoms with van der Waals surface area (Å²) in [4.78, 5) is 0. The van der Waals surface area contributed by atoms with Gasteiger partial charge in [-0.2, -0.15) is 8.78 Å². The molecule has 2 nitrogen and oxygen atoms in total. The molecule has 0 heterocycles. The van der Waals surface area contributed by atoms with E-state index in [1.165, 1.54) is 32.1 Å². The summed E-state index contributed by atoms with van der Waals surface area (Å²) in [6.07, 6.45) is -16.1. The van der Waals surface area contributed by atoms with Crippen LogP contribution in [0.4, 0.5) is 39.5 Å². The van der Waals surface area contributed by atoms with E-state index in [0.29, 0.717) is 11.8 Å². The van der Waals surface area contributed by atoms with Crippen LogP contribution in [0.3, 0.4) is 0 Å². The molecular formula is C26H37F9O2. The van der Waals surface area contributed by atoms with E-state index < -0.39 is 68.1 Å². The van der Waals surface area contributed by atoms with Crippen molar-refractivity contribution in [3.05, 3.63) is 0 Å². The van der Waals surface area contributed by atoms with Crippen LogP contribution in [0, 0.1) is 29.6 Å². The van der Waals surface area contributed by atoms with Crippen molar-refractivity contribution >= 4 is 0 Å². The van der Waals surface area contributed by atoms with E-state index in [-0.39, 0.29) is 24.7 Å². The summed E-state index contributed by atoms with van der Waals surface area (Å²) in [5.74, 6) is -1.36. The molecule has 216 valence electrons. The second kappa shape index (κ2) is 11.8. The second-order valence-electron chi connectivity index (χ2n) is 11.7. The molecule has 0 aromatic carbocycles. The highest BCUT2D eigenvalue weighted by molar-refractivity contribution is 4.96. The van der Waals surface area contributed by atoms with Gasteiger partial charge in [-0.3, -0.25) is 4.74 Å². The standard InChI is InChI=1S/C26H37F9O2/c27-19-10-17(16-8-6-15(7-9-16)14-4-2-1-3-5-14)11-20(28)23(19)25(31,32)36-18-12-21(29)24(22(30)13-18)37-26(33,34)35/h14-24H,1-13H2. The Morgan fingerprint density at radius 3 is 1.43 bits per heavy atom. The Morgan fingerprint density at radius 1 is 0.486 bits per heavy atom. The van der Waals surface area contributed by atoms with E-state index in [2.05, 4.69) is 9.47 Å². The average Bonchev–Trinajstić information content (AvgIpc) is 2.80. The van der Waals surface area contributed by atoms with Gasteiger partial charge in [0.05, 0.1) is 6.10 Å². The zero-order valence-electron chi connectivity index (χ0n) is 20.8. The summed E-state index contributed by atoms with van der Waals surface area (Å²) in [6.45, 7) is 0. The van der Waals surface area contributed by atoms with Gasteiger partial charge in [0.15, 0.2) is 0 Å². The van der Waals surface area contributed by atoms with Crippen molar-refractivity contribution in [2.45, 2.75) is 133 Å². The number of rotatable bonds is 6. The highest BCUT2D eigenvalue weighted by atomic mass is 19.4. The summed E-state index contributed by atoms with van der Waals surface area (Å²) in [5, 5.41) is 0. The fraction of sp³-hybridized carbons (Fsp3) is 1.00. The van der Waals surface area contributed by atoms with Crippen molar-refractivity contribution in [1.29, 1.82) is 0 Å². The quantitative estimate of drug-likeness (QED) is 0.308. The van der Waals surface area contributed by atoms with E-state index in [9.17, 15) is 30.7 Å². The van der Waals surface area contributed by atoms with E-state index in [0.717, 1.165) is 25.7 Å². The van der Waals surface area contributed by atoms with Crippen molar-refractivity contribution in [3.63, 3.8) is 0 Å². The van der Waals surface area contributed by atoms with Gasteiger partial charge < -0.3 is 4.74 Å². The van der Waals surface area contributed by atoms with Crippen LogP contribution in [0.5, 0.6) is 0 Å². The van der Waals surface area contributed by atoms with E-state index >= 15 is 8.78 Å². The lowest BCUT2D eigenvalue weighted by atomic mass is 9.65. The number of halogens is 9. The lowest BCUT2D eigenvalue weighted by Gasteiger charge is -2.44. The van der Waals surface area contributed by atoms with Gasteiger partial charge >= 0.3 is 12.5 Å². The molecule has 37 heavy (non-hydrogen) atoms. The number of hydrogen-bond acceptors (Lipinski definition) is 2. The maximum absolute atomic E-state index is 15.0. The molecule has 0 bridgehead atoms. The van der Waals surface area contributed by atoms with Crippen LogP contribution in [0.25, 0.3) is 0 Å². The summed E-state index contributed by atoms with van der Waals surface area (Å²) in [7, 11) is 0. The summed E-state index contributed by atoms with van der Waals surface area (Å²) in [5.41, 5.74) is 0. The van der Waals surface area contributed by atoms with Gasteiger partial charge in [-0.25, -0.2) is 17.6 Å². The fourth-order valence-corrected chi connectivity index (χ4v) is 7.49. The van der Waals surface area contributed by atoms with E-state index in [1.54, 1.807) is 0 Å². The molecule has 0 aliphatic heterocycles. The molecule has 4 unspecified atom stereocenters. The van der Waals surface area contributed by atoms with Crippen LogP contribution in [0.15, 0.2) is 0 Å². The molecule has 4 saturated carbocycles. The molecule has 0 aromatic rings. The summed E-state index contributed by atoms with van der Waals surface area (Å²) >= 11 is 0. The zero-order valence-corrected chi connectivity index (χ0v) is 20.8. The fourth-order valence-electron chi connectivity index (χ4n) is 7.49. The lowest BCUT2D eigenvalue weighted by Crippen LogP contribution is -2.53. The largest absolute Gasteiger partial charge is 0.522 e. The molecule has 0 saturated heterocycles. The first-order valence-corrected chi connectivity index (χ1v) is 13.7. The smallest absolute Gasteiger partial charge is 0.317 e. The third kappa shape index (κ3) is 7.28.